The van der Waals surface area contributed by atoms with Crippen molar-refractivity contribution in [2.75, 3.05) is 19.0 Å². The van der Waals surface area contributed by atoms with Crippen LogP contribution in [-0.4, -0.2) is 44.3 Å². The van der Waals surface area contributed by atoms with Gasteiger partial charge in [0.15, 0.2) is 0 Å². The number of rotatable bonds is 5. The lowest BCUT2D eigenvalue weighted by Crippen LogP contribution is -2.41. The maximum Gasteiger partial charge on any atom is 0.324 e. The van der Waals surface area contributed by atoms with Crippen LogP contribution in [-0.2, 0) is 19.6 Å². The zero-order valence-corrected chi connectivity index (χ0v) is 17.7. The molecule has 1 atom stereocenters. The first-order valence-electron chi connectivity index (χ1n) is 8.71. The first kappa shape index (κ1) is 21.6. The largest absolute Gasteiger partial charge is 0.468 e. The van der Waals surface area contributed by atoms with Crippen molar-refractivity contribution in [3.05, 3.63) is 58.1 Å². The average Bonchev–Trinajstić information content (AvgIpc) is 3.20. The Morgan fingerprint density at radius 1 is 1.14 bits per heavy atom. The normalized spacial score (nSPS) is 17.1. The summed E-state index contributed by atoms with van der Waals surface area (Å²) in [5.41, 5.74) is 0.319. The third-order valence-corrected chi connectivity index (χ3v) is 7.29. The molecular weight excluding hydrogens is 439 g/mol. The zero-order valence-electron chi connectivity index (χ0n) is 15.4. The smallest absolute Gasteiger partial charge is 0.324 e. The molecule has 3 rings (SSSR count). The van der Waals surface area contributed by atoms with Gasteiger partial charge in [-0.15, -0.1) is 0 Å². The number of benzene rings is 2. The molecule has 2 aromatic rings. The summed E-state index contributed by atoms with van der Waals surface area (Å²) in [6.07, 6.45) is 0.917. The molecule has 0 aromatic heterocycles. The fraction of sp³-hybridized carbons (Fsp3) is 0.263. The van der Waals surface area contributed by atoms with E-state index in [1.54, 1.807) is 12.1 Å². The van der Waals surface area contributed by atoms with Gasteiger partial charge in [-0.25, -0.2) is 8.42 Å². The topological polar surface area (TPSA) is 92.8 Å². The number of carbonyl (C=O) groups excluding carboxylic acids is 2. The van der Waals surface area contributed by atoms with Crippen molar-refractivity contribution in [1.29, 1.82) is 0 Å². The second kappa shape index (κ2) is 8.71. The summed E-state index contributed by atoms with van der Waals surface area (Å²) >= 11 is 11.8. The van der Waals surface area contributed by atoms with Gasteiger partial charge in [0.25, 0.3) is 5.91 Å². The standard InChI is InChI=1S/C19H18Cl2N2O5S/c1-28-19(25)16-6-4-10-23(16)29(26,27)17-7-3-2-5-15(17)22-18(24)12-8-9-13(20)14(21)11-12/h2-3,5,7-9,11,16H,4,6,10H2,1H3,(H,22,24). The summed E-state index contributed by atoms with van der Waals surface area (Å²) in [4.78, 5) is 24.5. The van der Waals surface area contributed by atoms with E-state index in [4.69, 9.17) is 27.9 Å². The molecule has 1 aliphatic rings. The quantitative estimate of drug-likeness (QED) is 0.693. The lowest BCUT2D eigenvalue weighted by atomic mass is 10.2. The van der Waals surface area contributed by atoms with E-state index >= 15 is 0 Å². The summed E-state index contributed by atoms with van der Waals surface area (Å²) in [7, 11) is -2.83. The molecule has 0 aliphatic carbocycles. The van der Waals surface area contributed by atoms with E-state index in [0.29, 0.717) is 17.9 Å². The number of ether oxygens (including phenoxy) is 1. The second-order valence-corrected chi connectivity index (χ2v) is 9.05. The molecule has 1 fully saturated rings. The fourth-order valence-corrected chi connectivity index (χ4v) is 5.25. The summed E-state index contributed by atoms with van der Waals surface area (Å²) < 4.78 is 32.3. The molecule has 1 heterocycles. The molecule has 0 spiro atoms. The van der Waals surface area contributed by atoms with E-state index in [0.717, 1.165) is 4.31 Å². The molecule has 0 saturated carbocycles. The van der Waals surface area contributed by atoms with Crippen molar-refractivity contribution in [2.24, 2.45) is 0 Å². The van der Waals surface area contributed by atoms with E-state index in [-0.39, 0.29) is 27.7 Å². The van der Waals surface area contributed by atoms with Crippen molar-refractivity contribution in [1.82, 2.24) is 4.31 Å². The molecule has 1 aliphatic heterocycles. The summed E-state index contributed by atoms with van der Waals surface area (Å²) in [5.74, 6) is -1.15. The number of anilines is 1. The van der Waals surface area contributed by atoms with Crippen LogP contribution in [0, 0.1) is 0 Å². The Bertz CT molecular complexity index is 1060. The minimum Gasteiger partial charge on any atom is -0.468 e. The second-order valence-electron chi connectivity index (χ2n) is 6.38. The highest BCUT2D eigenvalue weighted by Crippen LogP contribution is 2.31. The lowest BCUT2D eigenvalue weighted by Gasteiger charge is -2.23. The number of nitrogens with zero attached hydrogens (tertiary/aromatic N) is 1. The Hall–Kier alpha value is -2.13. The number of sulfonamides is 1. The maximum absolute atomic E-state index is 13.2. The number of hydrogen-bond acceptors (Lipinski definition) is 5. The van der Waals surface area contributed by atoms with Gasteiger partial charge >= 0.3 is 5.97 Å². The maximum atomic E-state index is 13.2. The number of nitrogens with one attached hydrogen (secondary N) is 1. The molecule has 7 nitrogen and oxygen atoms in total. The molecular formula is C19H18Cl2N2O5S. The average molecular weight is 457 g/mol. The van der Waals surface area contributed by atoms with Crippen molar-refractivity contribution in [3.8, 4) is 0 Å². The van der Waals surface area contributed by atoms with Crippen LogP contribution in [0.4, 0.5) is 5.69 Å². The van der Waals surface area contributed by atoms with Crippen LogP contribution in [0.2, 0.25) is 10.0 Å². The number of para-hydroxylation sites is 1. The van der Waals surface area contributed by atoms with Crippen molar-refractivity contribution < 1.29 is 22.7 Å². The van der Waals surface area contributed by atoms with Crippen molar-refractivity contribution in [2.45, 2.75) is 23.8 Å². The molecule has 29 heavy (non-hydrogen) atoms. The van der Waals surface area contributed by atoms with Crippen molar-refractivity contribution >= 4 is 50.8 Å². The SMILES string of the molecule is COC(=O)C1CCCN1S(=O)(=O)c1ccccc1NC(=O)c1ccc(Cl)c(Cl)c1. The third kappa shape index (κ3) is 4.40. The van der Waals surface area contributed by atoms with Gasteiger partial charge in [0.05, 0.1) is 22.8 Å². The van der Waals surface area contributed by atoms with Gasteiger partial charge in [0.2, 0.25) is 10.0 Å². The van der Waals surface area contributed by atoms with Crippen LogP contribution in [0.15, 0.2) is 47.4 Å². The van der Waals surface area contributed by atoms with E-state index in [1.807, 2.05) is 0 Å². The molecule has 1 saturated heterocycles. The third-order valence-electron chi connectivity index (χ3n) is 4.58. The van der Waals surface area contributed by atoms with E-state index in [1.165, 1.54) is 37.4 Å². The van der Waals surface area contributed by atoms with Gasteiger partial charge in [-0.05, 0) is 43.2 Å². The van der Waals surface area contributed by atoms with E-state index in [2.05, 4.69) is 5.32 Å². The zero-order chi connectivity index (χ0) is 21.2. The molecule has 1 unspecified atom stereocenters. The van der Waals surface area contributed by atoms with E-state index in [9.17, 15) is 18.0 Å². The van der Waals surface area contributed by atoms with Gasteiger partial charge in [0, 0.05) is 12.1 Å². The molecule has 10 heteroatoms. The molecule has 2 aromatic carbocycles. The minimum atomic E-state index is -4.05. The molecule has 154 valence electrons. The first-order valence-corrected chi connectivity index (χ1v) is 10.9. The van der Waals surface area contributed by atoms with Crippen LogP contribution in [0.3, 0.4) is 0 Å². The Labute approximate surface area is 178 Å². The van der Waals surface area contributed by atoms with Crippen LogP contribution in [0.25, 0.3) is 0 Å². The Morgan fingerprint density at radius 3 is 2.55 bits per heavy atom. The van der Waals surface area contributed by atoms with Crippen LogP contribution in [0.5, 0.6) is 0 Å². The number of halogens is 2. The summed E-state index contributed by atoms with van der Waals surface area (Å²) in [6, 6.07) is 9.48. The number of hydrogen-bond donors (Lipinski definition) is 1. The van der Waals surface area contributed by atoms with Crippen LogP contribution < -0.4 is 5.32 Å². The Balaban J connectivity index is 1.93. The van der Waals surface area contributed by atoms with Gasteiger partial charge in [0.1, 0.15) is 10.9 Å². The van der Waals surface area contributed by atoms with Crippen molar-refractivity contribution in [3.63, 3.8) is 0 Å². The van der Waals surface area contributed by atoms with Crippen LogP contribution >= 0.6 is 23.2 Å². The van der Waals surface area contributed by atoms with Gasteiger partial charge in [-0.2, -0.15) is 4.31 Å². The monoisotopic (exact) mass is 456 g/mol. The highest BCUT2D eigenvalue weighted by molar-refractivity contribution is 7.89. The van der Waals surface area contributed by atoms with Gasteiger partial charge < -0.3 is 10.1 Å². The fourth-order valence-electron chi connectivity index (χ4n) is 3.15. The molecule has 1 amide bonds. The van der Waals surface area contributed by atoms with Gasteiger partial charge in [-0.1, -0.05) is 35.3 Å². The Kier molecular flexibility index (Phi) is 6.48. The number of carbonyl (C=O) groups is 2. The number of amides is 1. The predicted molar refractivity (Wildman–Crippen MR) is 110 cm³/mol. The minimum absolute atomic E-state index is 0.0964. The number of methoxy groups -OCH3 is 1. The Morgan fingerprint density at radius 2 is 1.86 bits per heavy atom. The highest BCUT2D eigenvalue weighted by atomic mass is 35.5. The van der Waals surface area contributed by atoms with Gasteiger partial charge in [-0.3, -0.25) is 9.59 Å². The summed E-state index contributed by atoms with van der Waals surface area (Å²) in [6.45, 7) is 0.192. The van der Waals surface area contributed by atoms with E-state index < -0.39 is 27.9 Å². The van der Waals surface area contributed by atoms with Crippen LogP contribution in [0.1, 0.15) is 23.2 Å². The lowest BCUT2D eigenvalue weighted by molar-refractivity contribution is -0.144. The molecule has 0 bridgehead atoms. The molecule has 1 N–H and O–H groups in total. The first-order chi connectivity index (χ1) is 13.8. The highest BCUT2D eigenvalue weighted by Gasteiger charge is 2.41. The molecule has 0 radical (unpaired) electrons. The number of esters is 1. The summed E-state index contributed by atoms with van der Waals surface area (Å²) in [5, 5.41) is 3.11. The predicted octanol–water partition coefficient (Wildman–Crippen LogP) is 3.57.